The van der Waals surface area contributed by atoms with E-state index in [2.05, 4.69) is 21.0 Å². The maximum Gasteiger partial charge on any atom is 0.459 e. The van der Waals surface area contributed by atoms with Crippen molar-refractivity contribution < 1.29 is 41.8 Å². The zero-order chi connectivity index (χ0) is 31.5. The zero-order valence-corrected chi connectivity index (χ0v) is 25.8. The number of ether oxygens (including phenoxy) is 2. The van der Waals surface area contributed by atoms with E-state index in [-0.39, 0.29) is 14.8 Å². The average molecular weight is 678 g/mol. The molecule has 0 radical (unpaired) electrons. The Hall–Kier alpha value is -2.94. The highest BCUT2D eigenvalue weighted by molar-refractivity contribution is 9.10. The number of alkyl halides is 2. The molecular formula is C26H31BrF2N3O9P. The van der Waals surface area contributed by atoms with Crippen LogP contribution < -0.4 is 20.9 Å². The second kappa shape index (κ2) is 13.1. The maximum atomic E-state index is 16.0. The summed E-state index contributed by atoms with van der Waals surface area (Å²) >= 11 is 2.84. The lowest BCUT2D eigenvalue weighted by Crippen LogP contribution is -2.57. The number of nitrogens with one attached hydrogen (secondary N) is 2. The van der Waals surface area contributed by atoms with Gasteiger partial charge in [0.2, 0.25) is 5.79 Å². The first-order chi connectivity index (χ1) is 19.5. The van der Waals surface area contributed by atoms with Gasteiger partial charge in [-0.3, -0.25) is 23.7 Å². The number of aromatic amines is 1. The second-order valence-electron chi connectivity index (χ2n) is 9.73. The van der Waals surface area contributed by atoms with Crippen LogP contribution in [0.3, 0.4) is 0 Å². The summed E-state index contributed by atoms with van der Waals surface area (Å²) in [5.74, 6) is -7.50. The Morgan fingerprint density at radius 1 is 1.17 bits per heavy atom. The van der Waals surface area contributed by atoms with Gasteiger partial charge in [0.25, 0.3) is 11.4 Å². The van der Waals surface area contributed by atoms with Crippen molar-refractivity contribution in [2.24, 2.45) is 0 Å². The first-order valence-electron chi connectivity index (χ1n) is 12.6. The van der Waals surface area contributed by atoms with E-state index < -0.39 is 61.5 Å². The molecule has 0 amide bonds. The summed E-state index contributed by atoms with van der Waals surface area (Å²) in [5.41, 5.74) is -2.18. The van der Waals surface area contributed by atoms with Crippen molar-refractivity contribution in [2.45, 2.75) is 57.6 Å². The number of hydrogen-bond donors (Lipinski definition) is 3. The highest BCUT2D eigenvalue weighted by Gasteiger charge is 2.53. The first kappa shape index (κ1) is 33.6. The molecule has 1 heterocycles. The molecule has 2 aromatic carbocycles. The average Bonchev–Trinajstić information content (AvgIpc) is 2.92. The summed E-state index contributed by atoms with van der Waals surface area (Å²) in [6.45, 7) is 3.75. The van der Waals surface area contributed by atoms with E-state index in [9.17, 15) is 24.1 Å². The SMILES string of the molecule is COC(F)(COP(=O)(NC(C)C(=O)OC(C)C)Oc1ccc2ccccc2c1)[C@@H](O)C(C)(F)n1cc(Br)c(=O)[nH]c1=O. The van der Waals surface area contributed by atoms with Crippen molar-refractivity contribution in [1.82, 2.24) is 14.6 Å². The van der Waals surface area contributed by atoms with Crippen LogP contribution in [-0.4, -0.2) is 58.4 Å². The zero-order valence-electron chi connectivity index (χ0n) is 23.3. The van der Waals surface area contributed by atoms with Gasteiger partial charge in [0.1, 0.15) is 18.4 Å². The molecule has 1 aromatic heterocycles. The van der Waals surface area contributed by atoms with Crippen molar-refractivity contribution in [2.75, 3.05) is 13.7 Å². The van der Waals surface area contributed by atoms with E-state index in [4.69, 9.17) is 18.5 Å². The molecule has 42 heavy (non-hydrogen) atoms. The van der Waals surface area contributed by atoms with Crippen LogP contribution in [0.1, 0.15) is 27.7 Å². The number of halogens is 3. The molecule has 3 rings (SSSR count). The van der Waals surface area contributed by atoms with E-state index in [1.54, 1.807) is 32.0 Å². The van der Waals surface area contributed by atoms with E-state index in [0.29, 0.717) is 12.3 Å². The number of carbonyl (C=O) groups is 1. The monoisotopic (exact) mass is 677 g/mol. The Morgan fingerprint density at radius 3 is 2.43 bits per heavy atom. The normalized spacial score (nSPS) is 17.6. The number of methoxy groups -OCH3 is 1. The minimum Gasteiger partial charge on any atom is -0.462 e. The number of aliphatic hydroxyl groups is 1. The van der Waals surface area contributed by atoms with Crippen LogP contribution in [0.15, 0.2) is 62.7 Å². The minimum atomic E-state index is -4.70. The van der Waals surface area contributed by atoms with Gasteiger partial charge in [-0.2, -0.15) is 5.09 Å². The fourth-order valence-corrected chi connectivity index (χ4v) is 5.60. The molecule has 3 N–H and O–H groups in total. The first-order valence-corrected chi connectivity index (χ1v) is 14.9. The smallest absolute Gasteiger partial charge is 0.459 e. The summed E-state index contributed by atoms with van der Waals surface area (Å²) in [5, 5.41) is 14.7. The second-order valence-corrected chi connectivity index (χ2v) is 12.3. The van der Waals surface area contributed by atoms with Crippen LogP contribution in [0.25, 0.3) is 10.8 Å². The highest BCUT2D eigenvalue weighted by atomic mass is 79.9. The fraction of sp³-hybridized carbons (Fsp3) is 0.423. The molecule has 0 aliphatic heterocycles. The van der Waals surface area contributed by atoms with E-state index >= 15 is 8.78 Å². The third kappa shape index (κ3) is 7.71. The molecule has 5 atom stereocenters. The number of carbonyl (C=O) groups excluding carboxylic acids is 1. The van der Waals surface area contributed by atoms with Crippen LogP contribution in [-0.2, 0) is 29.1 Å². The highest BCUT2D eigenvalue weighted by Crippen LogP contribution is 2.47. The molecule has 0 bridgehead atoms. The molecular weight excluding hydrogens is 647 g/mol. The molecule has 0 aliphatic rings. The largest absolute Gasteiger partial charge is 0.462 e. The quantitative estimate of drug-likeness (QED) is 0.179. The topological polar surface area (TPSA) is 158 Å². The number of fused-ring (bicyclic) bond motifs is 1. The van der Waals surface area contributed by atoms with Crippen LogP contribution in [0, 0.1) is 0 Å². The Balaban J connectivity index is 1.94. The van der Waals surface area contributed by atoms with Gasteiger partial charge in [0.15, 0.2) is 6.10 Å². The Labute approximate surface area is 247 Å². The van der Waals surface area contributed by atoms with Crippen molar-refractivity contribution in [3.63, 3.8) is 0 Å². The summed E-state index contributed by atoms with van der Waals surface area (Å²) in [6.07, 6.45) is -2.58. The molecule has 0 spiro atoms. The molecule has 0 saturated heterocycles. The van der Waals surface area contributed by atoms with Crippen LogP contribution in [0.2, 0.25) is 0 Å². The summed E-state index contributed by atoms with van der Waals surface area (Å²) < 4.78 is 66.4. The number of rotatable bonds is 13. The van der Waals surface area contributed by atoms with Gasteiger partial charge in [0.05, 0.1) is 10.6 Å². The summed E-state index contributed by atoms with van der Waals surface area (Å²) in [4.78, 5) is 38.2. The van der Waals surface area contributed by atoms with E-state index in [0.717, 1.165) is 18.7 Å². The van der Waals surface area contributed by atoms with Crippen molar-refractivity contribution in [3.8, 4) is 5.75 Å². The van der Waals surface area contributed by atoms with Crippen molar-refractivity contribution >= 4 is 40.4 Å². The maximum absolute atomic E-state index is 16.0. The van der Waals surface area contributed by atoms with Gasteiger partial charge in [-0.1, -0.05) is 30.3 Å². The third-order valence-corrected chi connectivity index (χ3v) is 8.24. The number of nitrogens with zero attached hydrogens (tertiary/aromatic N) is 1. The predicted octanol–water partition coefficient (Wildman–Crippen LogP) is 3.90. The molecule has 16 heteroatoms. The Morgan fingerprint density at radius 2 is 1.81 bits per heavy atom. The van der Waals surface area contributed by atoms with E-state index in [1.807, 2.05) is 17.1 Å². The van der Waals surface area contributed by atoms with Gasteiger partial charge in [-0.05, 0) is 66.5 Å². The number of aliphatic hydroxyl groups excluding tert-OH is 1. The van der Waals surface area contributed by atoms with Gasteiger partial charge in [0, 0.05) is 13.3 Å². The lowest BCUT2D eigenvalue weighted by Gasteiger charge is -2.37. The summed E-state index contributed by atoms with van der Waals surface area (Å²) in [7, 11) is -3.92. The van der Waals surface area contributed by atoms with Crippen molar-refractivity contribution in [3.05, 3.63) is 74.0 Å². The van der Waals surface area contributed by atoms with Crippen LogP contribution >= 0.6 is 23.7 Å². The number of aromatic nitrogens is 2. The van der Waals surface area contributed by atoms with Crippen LogP contribution in [0.4, 0.5) is 8.78 Å². The number of hydrogen-bond acceptors (Lipinski definition) is 9. The molecule has 0 saturated carbocycles. The molecule has 12 nitrogen and oxygen atoms in total. The molecule has 230 valence electrons. The van der Waals surface area contributed by atoms with Gasteiger partial charge in [-0.25, -0.2) is 18.1 Å². The third-order valence-electron chi connectivity index (χ3n) is 6.05. The molecule has 4 unspecified atom stereocenters. The molecule has 0 aliphatic carbocycles. The number of benzene rings is 2. The molecule has 0 fully saturated rings. The van der Waals surface area contributed by atoms with E-state index in [1.165, 1.54) is 19.1 Å². The van der Waals surface area contributed by atoms with Gasteiger partial charge in [-0.15, -0.1) is 0 Å². The number of H-pyrrole nitrogens is 1. The molecule has 3 aromatic rings. The minimum absolute atomic E-state index is 0.0105. The predicted molar refractivity (Wildman–Crippen MR) is 153 cm³/mol. The Bertz CT molecular complexity index is 1600. The summed E-state index contributed by atoms with van der Waals surface area (Å²) in [6, 6.07) is 10.5. The van der Waals surface area contributed by atoms with Gasteiger partial charge < -0.3 is 19.1 Å². The lowest BCUT2D eigenvalue weighted by molar-refractivity contribution is -0.255. The number of esters is 1. The van der Waals surface area contributed by atoms with Crippen molar-refractivity contribution in [1.29, 1.82) is 0 Å². The standard InChI is InChI=1S/C26H31BrF2N3O9P/c1-15(2)40-22(34)16(3)31-42(37,41-19-11-10-17-8-6-7-9-18(17)12-19)39-14-26(29,38-5)23(35)25(4,28)32-13-20(27)21(33)30-24(32)36/h6-13,15-16,23,35H,14H2,1-5H3,(H,31,37)(H,30,33,36)/t16?,23-,25?,26?,42?/m0/s1. The fourth-order valence-electron chi connectivity index (χ4n) is 3.80. The van der Waals surface area contributed by atoms with Gasteiger partial charge >= 0.3 is 19.4 Å². The Kier molecular flexibility index (Phi) is 10.5. The lowest BCUT2D eigenvalue weighted by atomic mass is 10.0. The van der Waals surface area contributed by atoms with Crippen LogP contribution in [0.5, 0.6) is 5.75 Å².